The summed E-state index contributed by atoms with van der Waals surface area (Å²) in [6, 6.07) is 2.73. The van der Waals surface area contributed by atoms with Gasteiger partial charge in [0, 0.05) is 24.9 Å². The minimum absolute atomic E-state index is 0.119. The third kappa shape index (κ3) is 1.81. The molecular weight excluding hydrogens is 144 g/mol. The Morgan fingerprint density at radius 3 is 3.00 bits per heavy atom. The van der Waals surface area contributed by atoms with Crippen LogP contribution in [0.25, 0.3) is 0 Å². The van der Waals surface area contributed by atoms with E-state index in [1.165, 1.54) is 18.3 Å². The van der Waals surface area contributed by atoms with Crippen molar-refractivity contribution in [2.24, 2.45) is 0 Å². The number of aromatic amines is 1. The lowest BCUT2D eigenvalue weighted by Crippen LogP contribution is -2.19. The predicted octanol–water partition coefficient (Wildman–Crippen LogP) is 0.590. The fourth-order valence-electron chi connectivity index (χ4n) is 0.753. The van der Waals surface area contributed by atoms with Crippen LogP contribution >= 0.6 is 0 Å². The van der Waals surface area contributed by atoms with Crippen LogP contribution in [0.5, 0.6) is 0 Å². The molecule has 0 radical (unpaired) electrons. The van der Waals surface area contributed by atoms with Crippen molar-refractivity contribution >= 4 is 5.82 Å². The molecule has 0 spiro atoms. The molecule has 0 aliphatic carbocycles. The van der Waals surface area contributed by atoms with Crippen LogP contribution in [0.1, 0.15) is 6.92 Å². The van der Waals surface area contributed by atoms with Crippen LogP contribution in [0.15, 0.2) is 23.1 Å². The van der Waals surface area contributed by atoms with Crippen LogP contribution < -0.4 is 10.5 Å². The second-order valence-corrected chi connectivity index (χ2v) is 2.13. The number of anilines is 1. The summed E-state index contributed by atoms with van der Waals surface area (Å²) in [4.78, 5) is 13.5. The Kier molecular flexibility index (Phi) is 2.28. The summed E-state index contributed by atoms with van der Waals surface area (Å²) in [6.07, 6.45) is 1.50. The van der Waals surface area contributed by atoms with E-state index in [9.17, 15) is 4.79 Å². The molecule has 1 rings (SSSR count). The van der Waals surface area contributed by atoms with Gasteiger partial charge in [0.15, 0.2) is 5.43 Å². The van der Waals surface area contributed by atoms with Gasteiger partial charge in [-0.3, -0.25) is 10.0 Å². The molecule has 4 heteroatoms. The minimum Gasteiger partial charge on any atom is -0.346 e. The zero-order chi connectivity index (χ0) is 8.27. The first-order valence-corrected chi connectivity index (χ1v) is 3.39. The van der Waals surface area contributed by atoms with Crippen LogP contribution in [0, 0.1) is 0 Å². The maximum absolute atomic E-state index is 10.8. The van der Waals surface area contributed by atoms with Crippen molar-refractivity contribution in [3.8, 4) is 0 Å². The number of H-pyrrole nitrogens is 1. The fraction of sp³-hybridized carbons (Fsp3) is 0.286. The highest BCUT2D eigenvalue weighted by molar-refractivity contribution is 5.33. The largest absolute Gasteiger partial charge is 0.346 e. The van der Waals surface area contributed by atoms with Gasteiger partial charge in [-0.05, 0) is 6.92 Å². The highest BCUT2D eigenvalue weighted by Crippen LogP contribution is 2.01. The van der Waals surface area contributed by atoms with E-state index in [-0.39, 0.29) is 5.43 Å². The maximum atomic E-state index is 10.8. The van der Waals surface area contributed by atoms with Gasteiger partial charge in [0.05, 0.1) is 0 Å². The van der Waals surface area contributed by atoms with E-state index in [1.807, 2.05) is 0 Å². The molecule has 4 nitrogen and oxygen atoms in total. The van der Waals surface area contributed by atoms with Gasteiger partial charge in [-0.1, -0.05) is 0 Å². The van der Waals surface area contributed by atoms with E-state index in [1.54, 1.807) is 6.92 Å². The number of aromatic nitrogens is 1. The molecule has 0 bridgehead atoms. The number of nitrogens with zero attached hydrogens (tertiary/aromatic N) is 1. The lowest BCUT2D eigenvalue weighted by molar-refractivity contribution is 0.257. The Morgan fingerprint density at radius 1 is 1.73 bits per heavy atom. The first-order valence-electron chi connectivity index (χ1n) is 3.39. The van der Waals surface area contributed by atoms with Crippen LogP contribution in [0.2, 0.25) is 0 Å². The molecular formula is C7H10N2O2. The zero-order valence-electron chi connectivity index (χ0n) is 6.24. The molecule has 60 valence electrons. The van der Waals surface area contributed by atoms with Crippen molar-refractivity contribution in [1.29, 1.82) is 0 Å². The van der Waals surface area contributed by atoms with Gasteiger partial charge in [-0.15, -0.1) is 0 Å². The van der Waals surface area contributed by atoms with Gasteiger partial charge in [-0.2, -0.15) is 0 Å². The SMILES string of the molecule is CCN(O)c1cc(=O)cc[nH]1. The lowest BCUT2D eigenvalue weighted by Gasteiger charge is -2.12. The minimum atomic E-state index is -0.119. The average molecular weight is 154 g/mol. The summed E-state index contributed by atoms with van der Waals surface area (Å²) >= 11 is 0. The molecule has 0 aliphatic heterocycles. The van der Waals surface area contributed by atoms with Crippen LogP contribution in [-0.4, -0.2) is 16.7 Å². The Labute approximate surface area is 64.1 Å². The average Bonchev–Trinajstić information content (AvgIpc) is 2.03. The Balaban J connectivity index is 2.96. The van der Waals surface area contributed by atoms with E-state index in [0.717, 1.165) is 5.06 Å². The summed E-state index contributed by atoms with van der Waals surface area (Å²) in [7, 11) is 0. The van der Waals surface area contributed by atoms with Crippen molar-refractivity contribution in [3.63, 3.8) is 0 Å². The molecule has 1 heterocycles. The second-order valence-electron chi connectivity index (χ2n) is 2.13. The summed E-state index contributed by atoms with van der Waals surface area (Å²) in [5.41, 5.74) is -0.119. The molecule has 0 amide bonds. The molecule has 0 aromatic carbocycles. The molecule has 2 N–H and O–H groups in total. The van der Waals surface area contributed by atoms with E-state index in [4.69, 9.17) is 5.21 Å². The van der Waals surface area contributed by atoms with Crippen LogP contribution in [0.3, 0.4) is 0 Å². The van der Waals surface area contributed by atoms with Gasteiger partial charge in [0.2, 0.25) is 0 Å². The van der Waals surface area contributed by atoms with Crippen LogP contribution in [-0.2, 0) is 0 Å². The molecule has 0 saturated carbocycles. The third-order valence-electron chi connectivity index (χ3n) is 1.34. The van der Waals surface area contributed by atoms with E-state index in [2.05, 4.69) is 4.98 Å². The molecule has 11 heavy (non-hydrogen) atoms. The monoisotopic (exact) mass is 154 g/mol. The predicted molar refractivity (Wildman–Crippen MR) is 41.9 cm³/mol. The highest BCUT2D eigenvalue weighted by Gasteiger charge is 1.98. The summed E-state index contributed by atoms with van der Waals surface area (Å²) in [5, 5.41) is 10.1. The maximum Gasteiger partial charge on any atom is 0.183 e. The van der Waals surface area contributed by atoms with E-state index in [0.29, 0.717) is 12.4 Å². The number of nitrogens with one attached hydrogen (secondary N) is 1. The van der Waals surface area contributed by atoms with Gasteiger partial charge < -0.3 is 4.98 Å². The Morgan fingerprint density at radius 2 is 2.45 bits per heavy atom. The van der Waals surface area contributed by atoms with Gasteiger partial charge >= 0.3 is 0 Å². The number of rotatable bonds is 2. The van der Waals surface area contributed by atoms with Gasteiger partial charge in [0.1, 0.15) is 5.82 Å². The summed E-state index contributed by atoms with van der Waals surface area (Å²) < 4.78 is 0. The Hall–Kier alpha value is -1.29. The highest BCUT2D eigenvalue weighted by atomic mass is 16.5. The molecule has 0 fully saturated rings. The normalized spacial score (nSPS) is 9.64. The van der Waals surface area contributed by atoms with Crippen molar-refractivity contribution in [1.82, 2.24) is 4.98 Å². The first-order chi connectivity index (χ1) is 5.24. The number of hydrogen-bond donors (Lipinski definition) is 2. The fourth-order valence-corrected chi connectivity index (χ4v) is 0.753. The smallest absolute Gasteiger partial charge is 0.183 e. The van der Waals surface area contributed by atoms with Gasteiger partial charge in [-0.25, -0.2) is 5.06 Å². The molecule has 0 aliphatic rings. The van der Waals surface area contributed by atoms with Crippen molar-refractivity contribution in [3.05, 3.63) is 28.6 Å². The van der Waals surface area contributed by atoms with E-state index >= 15 is 0 Å². The van der Waals surface area contributed by atoms with E-state index < -0.39 is 0 Å². The topological polar surface area (TPSA) is 56.3 Å². The number of hydrogen-bond acceptors (Lipinski definition) is 3. The summed E-state index contributed by atoms with van der Waals surface area (Å²) in [6.45, 7) is 2.23. The molecule has 0 atom stereocenters. The molecule has 0 saturated heterocycles. The van der Waals surface area contributed by atoms with Crippen molar-refractivity contribution in [2.75, 3.05) is 11.6 Å². The van der Waals surface area contributed by atoms with Gasteiger partial charge in [0.25, 0.3) is 0 Å². The number of hydroxylamine groups is 1. The zero-order valence-corrected chi connectivity index (χ0v) is 6.24. The second kappa shape index (κ2) is 3.21. The van der Waals surface area contributed by atoms with Crippen molar-refractivity contribution in [2.45, 2.75) is 6.92 Å². The Bertz CT molecular complexity index is 282. The number of pyridine rings is 1. The van der Waals surface area contributed by atoms with Crippen molar-refractivity contribution < 1.29 is 5.21 Å². The lowest BCUT2D eigenvalue weighted by atomic mass is 10.4. The molecule has 0 unspecified atom stereocenters. The molecule has 1 aromatic rings. The molecule has 1 aromatic heterocycles. The standard InChI is InChI=1S/C7H10N2O2/c1-2-9(11)7-5-6(10)3-4-8-7/h3-5,11H,2H2,1H3,(H,8,10). The first kappa shape index (κ1) is 7.81. The third-order valence-corrected chi connectivity index (χ3v) is 1.34. The summed E-state index contributed by atoms with van der Waals surface area (Å²) in [5.74, 6) is 0.417. The van der Waals surface area contributed by atoms with Crippen LogP contribution in [0.4, 0.5) is 5.82 Å². The quantitative estimate of drug-likeness (QED) is 0.613.